The van der Waals surface area contributed by atoms with Gasteiger partial charge in [-0.15, -0.1) is 12.4 Å². The molecule has 0 aliphatic heterocycles. The second-order valence-electron chi connectivity index (χ2n) is 5.22. The third-order valence-corrected chi connectivity index (χ3v) is 3.95. The van der Waals surface area contributed by atoms with E-state index in [4.69, 9.17) is 0 Å². The normalized spacial score (nSPS) is 11.3. The van der Waals surface area contributed by atoms with Crippen LogP contribution in [0.25, 0.3) is 0 Å². The van der Waals surface area contributed by atoms with Crippen molar-refractivity contribution in [3.63, 3.8) is 0 Å². The van der Waals surface area contributed by atoms with Crippen LogP contribution in [-0.2, 0) is 11.8 Å². The van der Waals surface area contributed by atoms with Gasteiger partial charge in [0.25, 0.3) is 5.91 Å². The number of aromatic nitrogens is 2. The number of amides is 2. The molecule has 2 aromatic rings. The third kappa shape index (κ3) is 6.15. The van der Waals surface area contributed by atoms with Gasteiger partial charge in [0, 0.05) is 41.9 Å². The Bertz CT molecular complexity index is 705. The predicted molar refractivity (Wildman–Crippen MR) is 102 cm³/mol. The molecule has 2 amide bonds. The zero-order chi connectivity index (χ0) is 17.5. The average molecular weight is 431 g/mol. The summed E-state index contributed by atoms with van der Waals surface area (Å²) in [6.45, 7) is 0.698. The highest BCUT2D eigenvalue weighted by molar-refractivity contribution is 9.10. The maximum atomic E-state index is 12.2. The summed E-state index contributed by atoms with van der Waals surface area (Å²) >= 11 is 3.32. The van der Waals surface area contributed by atoms with E-state index in [0.29, 0.717) is 18.7 Å². The van der Waals surface area contributed by atoms with Crippen LogP contribution in [0.3, 0.4) is 0 Å². The largest absolute Gasteiger partial charge is 0.353 e. The highest BCUT2D eigenvalue weighted by Gasteiger charge is 2.19. The summed E-state index contributed by atoms with van der Waals surface area (Å²) in [6, 6.07) is 6.61. The van der Waals surface area contributed by atoms with Crippen LogP contribution in [0.2, 0.25) is 0 Å². The van der Waals surface area contributed by atoms with Gasteiger partial charge in [-0.2, -0.15) is 5.10 Å². The van der Waals surface area contributed by atoms with Crippen molar-refractivity contribution >= 4 is 40.2 Å². The lowest BCUT2D eigenvalue weighted by Crippen LogP contribution is -2.40. The Morgan fingerprint density at radius 3 is 2.40 bits per heavy atom. The Morgan fingerprint density at radius 2 is 1.84 bits per heavy atom. The first-order chi connectivity index (χ1) is 11.5. The molecule has 0 bridgehead atoms. The van der Waals surface area contributed by atoms with E-state index in [1.807, 2.05) is 12.1 Å². The number of carbonyl (C=O) groups is 2. The van der Waals surface area contributed by atoms with Crippen molar-refractivity contribution in [2.24, 2.45) is 7.05 Å². The molecule has 0 saturated carbocycles. The van der Waals surface area contributed by atoms with E-state index in [2.05, 4.69) is 37.0 Å². The van der Waals surface area contributed by atoms with Gasteiger partial charge in [0.2, 0.25) is 5.91 Å². The molecular formula is C16H21BrClN5O2. The molecule has 0 saturated heterocycles. The number of carbonyl (C=O) groups excluding carboxylic acids is 2. The van der Waals surface area contributed by atoms with Gasteiger partial charge in [-0.25, -0.2) is 0 Å². The minimum Gasteiger partial charge on any atom is -0.353 e. The zero-order valence-corrected chi connectivity index (χ0v) is 16.4. The fourth-order valence-electron chi connectivity index (χ4n) is 2.21. The van der Waals surface area contributed by atoms with Crippen molar-refractivity contribution in [3.8, 4) is 0 Å². The van der Waals surface area contributed by atoms with Crippen LogP contribution in [0.5, 0.6) is 0 Å². The number of halogens is 2. The van der Waals surface area contributed by atoms with Gasteiger partial charge in [0.1, 0.15) is 6.04 Å². The van der Waals surface area contributed by atoms with Gasteiger partial charge < -0.3 is 16.0 Å². The van der Waals surface area contributed by atoms with E-state index in [9.17, 15) is 9.59 Å². The van der Waals surface area contributed by atoms with Crippen molar-refractivity contribution in [3.05, 3.63) is 52.3 Å². The number of aryl methyl sites for hydroxylation is 1. The molecule has 1 heterocycles. The second kappa shape index (κ2) is 10.2. The van der Waals surface area contributed by atoms with Crippen LogP contribution in [0.4, 0.5) is 0 Å². The first kappa shape index (κ1) is 21.1. The van der Waals surface area contributed by atoms with Crippen molar-refractivity contribution in [1.82, 2.24) is 25.7 Å². The quantitative estimate of drug-likeness (QED) is 0.580. The van der Waals surface area contributed by atoms with E-state index in [1.165, 1.54) is 0 Å². The minimum absolute atomic E-state index is 0. The Morgan fingerprint density at radius 1 is 1.20 bits per heavy atom. The molecule has 0 aliphatic carbocycles. The molecule has 2 rings (SSSR count). The summed E-state index contributed by atoms with van der Waals surface area (Å²) in [5.74, 6) is -0.336. The molecule has 7 nitrogen and oxygen atoms in total. The van der Waals surface area contributed by atoms with Crippen LogP contribution >= 0.6 is 28.3 Å². The lowest BCUT2D eigenvalue weighted by atomic mass is 10.1. The molecule has 0 aliphatic rings. The molecule has 25 heavy (non-hydrogen) atoms. The fourth-order valence-corrected chi connectivity index (χ4v) is 2.47. The summed E-state index contributed by atoms with van der Waals surface area (Å²) in [4.78, 5) is 24.2. The number of benzene rings is 1. The Kier molecular flexibility index (Phi) is 8.60. The van der Waals surface area contributed by atoms with Gasteiger partial charge in [-0.05, 0) is 31.3 Å². The number of hydrogen-bond acceptors (Lipinski definition) is 4. The van der Waals surface area contributed by atoms with E-state index in [-0.39, 0.29) is 24.2 Å². The van der Waals surface area contributed by atoms with Gasteiger partial charge >= 0.3 is 0 Å². The smallest absolute Gasteiger partial charge is 0.251 e. The first-order valence-electron chi connectivity index (χ1n) is 7.48. The second-order valence-corrected chi connectivity index (χ2v) is 6.14. The van der Waals surface area contributed by atoms with Crippen LogP contribution in [0, 0.1) is 0 Å². The lowest BCUT2D eigenvalue weighted by molar-refractivity contribution is -0.123. The summed E-state index contributed by atoms with van der Waals surface area (Å²) < 4.78 is 2.56. The standard InChI is InChI=1S/C16H20BrN5O2.ClH/c1-18-14(12-9-21-22(2)10-12)16(24)20-8-7-19-15(23)11-3-5-13(17)6-4-11;/h3-6,9-10,14,18H,7-8H2,1-2H3,(H,19,23)(H,20,24);1H. The number of likely N-dealkylation sites (N-methyl/N-ethyl adjacent to an activating group) is 1. The van der Waals surface area contributed by atoms with Gasteiger partial charge in [0.15, 0.2) is 0 Å². The molecule has 9 heteroatoms. The topological polar surface area (TPSA) is 88.1 Å². The minimum atomic E-state index is -0.471. The average Bonchev–Trinajstić information content (AvgIpc) is 2.99. The summed E-state index contributed by atoms with van der Waals surface area (Å²) in [7, 11) is 3.51. The Balaban J connectivity index is 0.00000312. The van der Waals surface area contributed by atoms with Crippen LogP contribution in [-0.4, -0.2) is 41.7 Å². The van der Waals surface area contributed by atoms with Gasteiger partial charge in [-0.3, -0.25) is 14.3 Å². The number of hydrogen-bond donors (Lipinski definition) is 3. The molecular weight excluding hydrogens is 410 g/mol. The summed E-state index contributed by atoms with van der Waals surface area (Å²) in [6.07, 6.45) is 3.44. The van der Waals surface area contributed by atoms with Gasteiger partial charge in [0.05, 0.1) is 6.20 Å². The summed E-state index contributed by atoms with van der Waals surface area (Å²) in [5.41, 5.74) is 1.37. The Labute approximate surface area is 161 Å². The van der Waals surface area contributed by atoms with Crippen molar-refractivity contribution < 1.29 is 9.59 Å². The SMILES string of the molecule is CNC(C(=O)NCCNC(=O)c1ccc(Br)cc1)c1cnn(C)c1.Cl. The van der Waals surface area contributed by atoms with Gasteiger partial charge in [-0.1, -0.05) is 15.9 Å². The molecule has 1 aromatic heterocycles. The fraction of sp³-hybridized carbons (Fsp3) is 0.312. The van der Waals surface area contributed by atoms with Crippen molar-refractivity contribution in [2.45, 2.75) is 6.04 Å². The van der Waals surface area contributed by atoms with Crippen LogP contribution < -0.4 is 16.0 Å². The maximum Gasteiger partial charge on any atom is 0.251 e. The molecule has 0 radical (unpaired) electrons. The van der Waals surface area contributed by atoms with Crippen molar-refractivity contribution in [1.29, 1.82) is 0 Å². The highest BCUT2D eigenvalue weighted by atomic mass is 79.9. The number of rotatable bonds is 7. The molecule has 0 fully saturated rings. The van der Waals surface area contributed by atoms with Crippen LogP contribution in [0.1, 0.15) is 22.0 Å². The molecule has 0 spiro atoms. The summed E-state index contributed by atoms with van der Waals surface area (Å²) in [5, 5.41) is 12.6. The third-order valence-electron chi connectivity index (χ3n) is 3.43. The molecule has 1 atom stereocenters. The Hall–Kier alpha value is -1.90. The molecule has 136 valence electrons. The highest BCUT2D eigenvalue weighted by Crippen LogP contribution is 2.11. The van der Waals surface area contributed by atoms with E-state index in [1.54, 1.807) is 43.3 Å². The first-order valence-corrected chi connectivity index (χ1v) is 8.28. The molecule has 1 aromatic carbocycles. The maximum absolute atomic E-state index is 12.2. The predicted octanol–water partition coefficient (Wildman–Crippen LogP) is 1.41. The lowest BCUT2D eigenvalue weighted by Gasteiger charge is -2.14. The molecule has 3 N–H and O–H groups in total. The van der Waals surface area contributed by atoms with Crippen LogP contribution in [0.15, 0.2) is 41.1 Å². The van der Waals surface area contributed by atoms with Crippen molar-refractivity contribution in [2.75, 3.05) is 20.1 Å². The van der Waals surface area contributed by atoms with E-state index < -0.39 is 6.04 Å². The monoisotopic (exact) mass is 429 g/mol. The van der Waals surface area contributed by atoms with E-state index in [0.717, 1.165) is 10.0 Å². The van der Waals surface area contributed by atoms with E-state index >= 15 is 0 Å². The number of nitrogens with zero attached hydrogens (tertiary/aromatic N) is 2. The molecule has 1 unspecified atom stereocenters. The number of nitrogens with one attached hydrogen (secondary N) is 3. The zero-order valence-electron chi connectivity index (χ0n) is 14.0.